The highest BCUT2D eigenvalue weighted by Gasteiger charge is 2.07. The lowest BCUT2D eigenvalue weighted by Crippen LogP contribution is -2.13. The average molecular weight is 259 g/mol. The molecule has 102 valence electrons. The highest BCUT2D eigenvalue weighted by atomic mass is 16.5. The normalized spacial score (nSPS) is 10.6. The predicted octanol–water partition coefficient (Wildman–Crippen LogP) is 2.98. The van der Waals surface area contributed by atoms with E-state index in [0.29, 0.717) is 6.61 Å². The minimum absolute atomic E-state index is 0.690. The van der Waals surface area contributed by atoms with Crippen molar-refractivity contribution in [1.82, 2.24) is 15.5 Å². The maximum Gasteiger partial charge on any atom is 0.119 e. The topological polar surface area (TPSA) is 49.9 Å². The molecule has 0 aliphatic rings. The van der Waals surface area contributed by atoms with Gasteiger partial charge in [-0.25, -0.2) is 0 Å². The van der Waals surface area contributed by atoms with Crippen LogP contribution in [-0.2, 0) is 6.54 Å². The van der Waals surface area contributed by atoms with E-state index in [-0.39, 0.29) is 0 Å². The van der Waals surface area contributed by atoms with E-state index in [1.54, 1.807) is 0 Å². The van der Waals surface area contributed by atoms with Crippen LogP contribution in [0.25, 0.3) is 11.3 Å². The van der Waals surface area contributed by atoms with Gasteiger partial charge in [-0.15, -0.1) is 0 Å². The quantitative estimate of drug-likeness (QED) is 0.752. The molecule has 0 radical (unpaired) electrons. The number of benzene rings is 1. The second-order valence-corrected chi connectivity index (χ2v) is 4.40. The van der Waals surface area contributed by atoms with Gasteiger partial charge < -0.3 is 10.1 Å². The van der Waals surface area contributed by atoms with Gasteiger partial charge in [0.25, 0.3) is 0 Å². The van der Waals surface area contributed by atoms with Crippen molar-refractivity contribution in [3.05, 3.63) is 36.0 Å². The molecule has 0 atom stereocenters. The number of rotatable bonds is 7. The van der Waals surface area contributed by atoms with Crippen LogP contribution in [-0.4, -0.2) is 23.3 Å². The van der Waals surface area contributed by atoms with E-state index in [0.717, 1.165) is 36.5 Å². The number of ether oxygens (including phenoxy) is 1. The van der Waals surface area contributed by atoms with Crippen molar-refractivity contribution >= 4 is 0 Å². The number of hydrogen-bond donors (Lipinski definition) is 2. The SMILES string of the molecule is CCCNCc1cn[nH]c1-c1ccc(OCC)cc1. The molecule has 2 N–H and O–H groups in total. The van der Waals surface area contributed by atoms with Crippen molar-refractivity contribution < 1.29 is 4.74 Å². The van der Waals surface area contributed by atoms with Crippen LogP contribution in [0.15, 0.2) is 30.5 Å². The third kappa shape index (κ3) is 3.58. The fraction of sp³-hybridized carbons (Fsp3) is 0.400. The number of nitrogens with one attached hydrogen (secondary N) is 2. The summed E-state index contributed by atoms with van der Waals surface area (Å²) in [7, 11) is 0. The smallest absolute Gasteiger partial charge is 0.119 e. The molecule has 19 heavy (non-hydrogen) atoms. The van der Waals surface area contributed by atoms with Crippen molar-refractivity contribution in [2.75, 3.05) is 13.2 Å². The molecule has 0 amide bonds. The Bertz CT molecular complexity index is 490. The molecule has 0 saturated carbocycles. The third-order valence-corrected chi connectivity index (χ3v) is 2.91. The molecule has 1 aromatic carbocycles. The summed E-state index contributed by atoms with van der Waals surface area (Å²) in [5, 5.41) is 10.6. The molecule has 2 aromatic rings. The molecule has 1 aromatic heterocycles. The van der Waals surface area contributed by atoms with E-state index in [9.17, 15) is 0 Å². The van der Waals surface area contributed by atoms with Crippen LogP contribution in [0.4, 0.5) is 0 Å². The highest BCUT2D eigenvalue weighted by Crippen LogP contribution is 2.23. The summed E-state index contributed by atoms with van der Waals surface area (Å²) in [6.07, 6.45) is 3.02. The summed E-state index contributed by atoms with van der Waals surface area (Å²) in [4.78, 5) is 0. The molecule has 4 nitrogen and oxygen atoms in total. The maximum atomic E-state index is 5.45. The zero-order chi connectivity index (χ0) is 13.5. The first-order valence-electron chi connectivity index (χ1n) is 6.81. The Labute approximate surface area is 114 Å². The van der Waals surface area contributed by atoms with Crippen LogP contribution in [0.2, 0.25) is 0 Å². The van der Waals surface area contributed by atoms with Gasteiger partial charge in [-0.1, -0.05) is 6.92 Å². The first kappa shape index (κ1) is 13.6. The summed E-state index contributed by atoms with van der Waals surface area (Å²) in [5.41, 5.74) is 3.40. The lowest BCUT2D eigenvalue weighted by molar-refractivity contribution is 0.340. The minimum Gasteiger partial charge on any atom is -0.494 e. The van der Waals surface area contributed by atoms with Crippen molar-refractivity contribution in [2.24, 2.45) is 0 Å². The standard InChI is InChI=1S/C15H21N3O/c1-3-9-16-10-13-11-17-18-15(13)12-5-7-14(8-6-12)19-4-2/h5-8,11,16H,3-4,9-10H2,1-2H3,(H,17,18). The van der Waals surface area contributed by atoms with Gasteiger partial charge in [-0.05, 0) is 44.2 Å². The highest BCUT2D eigenvalue weighted by molar-refractivity contribution is 5.63. The molecule has 0 saturated heterocycles. The van der Waals surface area contributed by atoms with E-state index < -0.39 is 0 Å². The Balaban J connectivity index is 2.10. The molecule has 0 spiro atoms. The van der Waals surface area contributed by atoms with Gasteiger partial charge in [0.2, 0.25) is 0 Å². The van der Waals surface area contributed by atoms with Gasteiger partial charge in [0, 0.05) is 17.7 Å². The lowest BCUT2D eigenvalue weighted by atomic mass is 10.1. The molecule has 0 unspecified atom stereocenters. The molecule has 1 heterocycles. The fourth-order valence-corrected chi connectivity index (χ4v) is 1.98. The van der Waals surface area contributed by atoms with Gasteiger partial charge in [-0.2, -0.15) is 5.10 Å². The third-order valence-electron chi connectivity index (χ3n) is 2.91. The fourth-order valence-electron chi connectivity index (χ4n) is 1.98. The van der Waals surface area contributed by atoms with Crippen molar-refractivity contribution in [2.45, 2.75) is 26.8 Å². The van der Waals surface area contributed by atoms with Crippen LogP contribution >= 0.6 is 0 Å². The second kappa shape index (κ2) is 6.95. The number of nitrogens with zero attached hydrogens (tertiary/aromatic N) is 1. The Hall–Kier alpha value is -1.81. The molecule has 0 aliphatic heterocycles. The average Bonchev–Trinajstić information content (AvgIpc) is 2.89. The summed E-state index contributed by atoms with van der Waals surface area (Å²) in [6, 6.07) is 8.09. The zero-order valence-corrected chi connectivity index (χ0v) is 11.6. The van der Waals surface area contributed by atoms with Crippen LogP contribution in [0, 0.1) is 0 Å². The number of H-pyrrole nitrogens is 1. The van der Waals surface area contributed by atoms with Crippen molar-refractivity contribution in [1.29, 1.82) is 0 Å². The Morgan fingerprint density at radius 3 is 2.68 bits per heavy atom. The first-order valence-corrected chi connectivity index (χ1v) is 6.81. The maximum absolute atomic E-state index is 5.45. The van der Waals surface area contributed by atoms with Gasteiger partial charge in [0.1, 0.15) is 5.75 Å². The molecule has 4 heteroatoms. The Morgan fingerprint density at radius 1 is 1.21 bits per heavy atom. The van der Waals surface area contributed by atoms with Crippen LogP contribution in [0.5, 0.6) is 5.75 Å². The van der Waals surface area contributed by atoms with Gasteiger partial charge in [0.15, 0.2) is 0 Å². The monoisotopic (exact) mass is 259 g/mol. The van der Waals surface area contributed by atoms with Crippen LogP contribution in [0.1, 0.15) is 25.8 Å². The Morgan fingerprint density at radius 2 is 2.00 bits per heavy atom. The lowest BCUT2D eigenvalue weighted by Gasteiger charge is -2.06. The molecule has 2 rings (SSSR count). The Kier molecular flexibility index (Phi) is 4.98. The van der Waals surface area contributed by atoms with Crippen molar-refractivity contribution in [3.63, 3.8) is 0 Å². The van der Waals surface area contributed by atoms with E-state index in [1.807, 2.05) is 25.3 Å². The van der Waals surface area contributed by atoms with E-state index in [1.165, 1.54) is 5.56 Å². The number of aromatic nitrogens is 2. The van der Waals surface area contributed by atoms with Gasteiger partial charge in [0.05, 0.1) is 18.5 Å². The van der Waals surface area contributed by atoms with E-state index in [4.69, 9.17) is 4.74 Å². The summed E-state index contributed by atoms with van der Waals surface area (Å²) >= 11 is 0. The minimum atomic E-state index is 0.690. The molecule has 0 aliphatic carbocycles. The summed E-state index contributed by atoms with van der Waals surface area (Å²) < 4.78 is 5.45. The largest absolute Gasteiger partial charge is 0.494 e. The van der Waals surface area contributed by atoms with Crippen molar-refractivity contribution in [3.8, 4) is 17.0 Å². The summed E-state index contributed by atoms with van der Waals surface area (Å²) in [5.74, 6) is 0.899. The first-order chi connectivity index (χ1) is 9.35. The van der Waals surface area contributed by atoms with Gasteiger partial charge >= 0.3 is 0 Å². The zero-order valence-electron chi connectivity index (χ0n) is 11.6. The predicted molar refractivity (Wildman–Crippen MR) is 77.2 cm³/mol. The van der Waals surface area contributed by atoms with E-state index in [2.05, 4.69) is 34.6 Å². The molecule has 0 fully saturated rings. The summed E-state index contributed by atoms with van der Waals surface area (Å²) in [6.45, 7) is 6.70. The van der Waals surface area contributed by atoms with Crippen LogP contribution < -0.4 is 10.1 Å². The van der Waals surface area contributed by atoms with Gasteiger partial charge in [-0.3, -0.25) is 5.10 Å². The van der Waals surface area contributed by atoms with Crippen LogP contribution in [0.3, 0.4) is 0 Å². The molecule has 0 bridgehead atoms. The second-order valence-electron chi connectivity index (χ2n) is 4.40. The molecular weight excluding hydrogens is 238 g/mol. The van der Waals surface area contributed by atoms with E-state index >= 15 is 0 Å². The number of hydrogen-bond acceptors (Lipinski definition) is 3. The molecular formula is C15H21N3O. The number of aromatic amines is 1.